The van der Waals surface area contributed by atoms with Crippen molar-refractivity contribution >= 4 is 22.8 Å². The van der Waals surface area contributed by atoms with Gasteiger partial charge in [-0.05, 0) is 53.6 Å². The van der Waals surface area contributed by atoms with Gasteiger partial charge in [0.25, 0.3) is 0 Å². The van der Waals surface area contributed by atoms with Crippen molar-refractivity contribution in [1.29, 1.82) is 0 Å². The molecule has 1 atom stereocenters. The molecular weight excluding hydrogens is 474 g/mol. The van der Waals surface area contributed by atoms with Gasteiger partial charge in [0.2, 0.25) is 0 Å². The molecule has 6 rings (SSSR count). The lowest BCUT2D eigenvalue weighted by Gasteiger charge is -2.20. The molecule has 0 radical (unpaired) electrons. The van der Waals surface area contributed by atoms with E-state index in [-0.39, 0.29) is 5.92 Å². The molecule has 8 heteroatoms. The summed E-state index contributed by atoms with van der Waals surface area (Å²) >= 11 is 6.50. The first-order chi connectivity index (χ1) is 17.5. The highest BCUT2D eigenvalue weighted by Gasteiger charge is 2.26. The Labute approximate surface area is 213 Å². The maximum absolute atomic E-state index is 11.6. The molecule has 3 heterocycles. The summed E-state index contributed by atoms with van der Waals surface area (Å²) in [6.45, 7) is 4.73. The molecule has 0 aliphatic heterocycles. The second kappa shape index (κ2) is 9.06. The van der Waals surface area contributed by atoms with Gasteiger partial charge in [-0.1, -0.05) is 66.1 Å². The molecule has 2 aromatic carbocycles. The Morgan fingerprint density at radius 1 is 1.08 bits per heavy atom. The Kier molecular flexibility index (Phi) is 5.72. The van der Waals surface area contributed by atoms with Crippen molar-refractivity contribution in [1.82, 2.24) is 24.7 Å². The number of fused-ring (bicyclic) bond motifs is 3. The number of pyridine rings is 1. The molecule has 0 saturated heterocycles. The van der Waals surface area contributed by atoms with Crippen LogP contribution in [0.25, 0.3) is 11.2 Å². The molecule has 0 spiro atoms. The lowest BCUT2D eigenvalue weighted by molar-refractivity contribution is 0.380. The number of hydrogen-bond acceptors (Lipinski definition) is 5. The Balaban J connectivity index is 1.41. The molecule has 3 aromatic heterocycles. The summed E-state index contributed by atoms with van der Waals surface area (Å²) in [7, 11) is 0. The maximum Gasteiger partial charge on any atom is 0.438 e. The van der Waals surface area contributed by atoms with E-state index in [1.165, 1.54) is 27.8 Å². The molecule has 182 valence electrons. The molecule has 1 aliphatic rings. The monoisotopic (exact) mass is 499 g/mol. The number of aromatic amines is 1. The van der Waals surface area contributed by atoms with E-state index in [0.29, 0.717) is 23.8 Å². The Hall–Kier alpha value is -3.71. The fourth-order valence-corrected chi connectivity index (χ4v) is 5.73. The Bertz CT molecular complexity index is 1650. The molecular formula is C28H26ClN5O2. The fraction of sp³-hybridized carbons (Fsp3) is 0.286. The number of nitrogens with zero attached hydrogens (tertiary/aromatic N) is 4. The van der Waals surface area contributed by atoms with Crippen LogP contribution in [0.5, 0.6) is 0 Å². The summed E-state index contributed by atoms with van der Waals surface area (Å²) in [6.07, 6.45) is 3.27. The molecule has 0 fully saturated rings. The third kappa shape index (κ3) is 4.03. The average Bonchev–Trinajstić information content (AvgIpc) is 3.40. The van der Waals surface area contributed by atoms with E-state index in [9.17, 15) is 4.79 Å². The number of H-pyrrole nitrogens is 1. The number of benzene rings is 2. The minimum absolute atomic E-state index is 0.0805. The second-order valence-corrected chi connectivity index (χ2v) is 9.82. The summed E-state index contributed by atoms with van der Waals surface area (Å²) < 4.78 is 6.96. The maximum atomic E-state index is 11.6. The first-order valence-electron chi connectivity index (χ1n) is 12.3. The van der Waals surface area contributed by atoms with Crippen LogP contribution in [0.1, 0.15) is 58.0 Å². The van der Waals surface area contributed by atoms with Crippen molar-refractivity contribution in [2.45, 2.75) is 52.0 Å². The molecule has 1 aliphatic carbocycles. The zero-order valence-corrected chi connectivity index (χ0v) is 21.0. The van der Waals surface area contributed by atoms with Crippen molar-refractivity contribution in [3.8, 4) is 0 Å². The number of rotatable bonds is 5. The molecule has 36 heavy (non-hydrogen) atoms. The van der Waals surface area contributed by atoms with Gasteiger partial charge < -0.3 is 4.57 Å². The number of imidazole rings is 1. The van der Waals surface area contributed by atoms with Gasteiger partial charge >= 0.3 is 5.76 Å². The zero-order valence-electron chi connectivity index (χ0n) is 20.2. The van der Waals surface area contributed by atoms with Gasteiger partial charge in [-0.2, -0.15) is 0 Å². The van der Waals surface area contributed by atoms with Gasteiger partial charge in [0, 0.05) is 24.5 Å². The fourth-order valence-electron chi connectivity index (χ4n) is 5.45. The SMILES string of the molecule is CCc1nc2c(Cl)cc(C)nc2n1Cc1ccc2c(c1)CCc1ccccc1C2Cc1noc(=O)[nH]1. The molecule has 0 amide bonds. The van der Waals surface area contributed by atoms with Crippen molar-refractivity contribution in [2.24, 2.45) is 0 Å². The van der Waals surface area contributed by atoms with Crippen LogP contribution >= 0.6 is 11.6 Å². The van der Waals surface area contributed by atoms with E-state index in [1.807, 2.05) is 13.0 Å². The first-order valence-corrected chi connectivity index (χ1v) is 12.6. The van der Waals surface area contributed by atoms with Crippen molar-refractivity contribution in [3.05, 3.63) is 109 Å². The number of nitrogens with one attached hydrogen (secondary N) is 1. The van der Waals surface area contributed by atoms with Crippen LogP contribution in [-0.4, -0.2) is 24.7 Å². The molecule has 1 N–H and O–H groups in total. The number of aryl methyl sites for hydroxylation is 4. The van der Waals surface area contributed by atoms with E-state index in [0.717, 1.165) is 41.9 Å². The van der Waals surface area contributed by atoms with Gasteiger partial charge in [-0.3, -0.25) is 9.51 Å². The summed E-state index contributed by atoms with van der Waals surface area (Å²) in [5.41, 5.74) is 8.83. The summed E-state index contributed by atoms with van der Waals surface area (Å²) in [4.78, 5) is 23.8. The second-order valence-electron chi connectivity index (χ2n) is 9.42. The van der Waals surface area contributed by atoms with Crippen LogP contribution < -0.4 is 5.76 Å². The Morgan fingerprint density at radius 2 is 1.89 bits per heavy atom. The molecule has 5 aromatic rings. The van der Waals surface area contributed by atoms with Gasteiger partial charge in [0.05, 0.1) is 11.6 Å². The highest BCUT2D eigenvalue weighted by molar-refractivity contribution is 6.34. The van der Waals surface area contributed by atoms with Gasteiger partial charge in [0.1, 0.15) is 11.3 Å². The number of aromatic nitrogens is 5. The minimum atomic E-state index is -0.522. The average molecular weight is 500 g/mol. The summed E-state index contributed by atoms with van der Waals surface area (Å²) in [5, 5.41) is 4.58. The van der Waals surface area contributed by atoms with Gasteiger partial charge in [0.15, 0.2) is 11.5 Å². The summed E-state index contributed by atoms with van der Waals surface area (Å²) in [6, 6.07) is 17.1. The van der Waals surface area contributed by atoms with Crippen LogP contribution in [0.2, 0.25) is 5.02 Å². The van der Waals surface area contributed by atoms with Crippen LogP contribution in [0.15, 0.2) is 57.8 Å². The third-order valence-corrected chi connectivity index (χ3v) is 7.37. The Morgan fingerprint density at radius 3 is 2.69 bits per heavy atom. The lowest BCUT2D eigenvalue weighted by atomic mass is 9.85. The van der Waals surface area contributed by atoms with E-state index in [2.05, 4.69) is 64.1 Å². The van der Waals surface area contributed by atoms with E-state index < -0.39 is 5.76 Å². The molecule has 7 nitrogen and oxygen atoms in total. The number of halogens is 1. The predicted molar refractivity (Wildman–Crippen MR) is 139 cm³/mol. The first kappa shape index (κ1) is 22.7. The highest BCUT2D eigenvalue weighted by Crippen LogP contribution is 2.37. The van der Waals surface area contributed by atoms with Gasteiger partial charge in [-0.25, -0.2) is 14.8 Å². The van der Waals surface area contributed by atoms with Crippen LogP contribution in [0.3, 0.4) is 0 Å². The van der Waals surface area contributed by atoms with Gasteiger partial charge in [-0.15, -0.1) is 0 Å². The lowest BCUT2D eigenvalue weighted by Crippen LogP contribution is -2.11. The van der Waals surface area contributed by atoms with E-state index in [4.69, 9.17) is 26.1 Å². The quantitative estimate of drug-likeness (QED) is 0.361. The smallest absolute Gasteiger partial charge is 0.308 e. The predicted octanol–water partition coefficient (Wildman–Crippen LogP) is 5.15. The van der Waals surface area contributed by atoms with Crippen LogP contribution in [-0.2, 0) is 32.2 Å². The number of hydrogen-bond donors (Lipinski definition) is 1. The standard InChI is InChI=1S/C28H26ClN5O2/c1-3-25-32-26-23(29)12-16(2)30-27(26)34(25)15-17-8-11-21-19(13-17)10-9-18-6-4-5-7-20(18)22(21)14-24-31-28(35)36-33-24/h4-8,11-13,22H,3,9-10,14-15H2,1-2H3,(H,31,33,35). The van der Waals surface area contributed by atoms with E-state index >= 15 is 0 Å². The van der Waals surface area contributed by atoms with Crippen LogP contribution in [0, 0.1) is 6.92 Å². The largest absolute Gasteiger partial charge is 0.438 e. The van der Waals surface area contributed by atoms with Crippen LogP contribution in [0.4, 0.5) is 0 Å². The zero-order chi connectivity index (χ0) is 24.8. The van der Waals surface area contributed by atoms with Crippen molar-refractivity contribution in [3.63, 3.8) is 0 Å². The van der Waals surface area contributed by atoms with E-state index in [1.54, 1.807) is 0 Å². The third-order valence-electron chi connectivity index (χ3n) is 7.08. The normalized spacial score (nSPS) is 15.0. The summed E-state index contributed by atoms with van der Waals surface area (Å²) in [5.74, 6) is 1.09. The molecule has 1 unspecified atom stereocenters. The van der Waals surface area contributed by atoms with Crippen molar-refractivity contribution < 1.29 is 4.52 Å². The molecule has 0 bridgehead atoms. The molecule has 0 saturated carbocycles. The highest BCUT2D eigenvalue weighted by atomic mass is 35.5. The topological polar surface area (TPSA) is 89.6 Å². The minimum Gasteiger partial charge on any atom is -0.308 e. The van der Waals surface area contributed by atoms with Crippen molar-refractivity contribution in [2.75, 3.05) is 0 Å².